The molecule has 3 N–H and O–H groups in total. The molecule has 0 fully saturated rings. The van der Waals surface area contributed by atoms with E-state index in [1.807, 2.05) is 52.0 Å². The SMILES string of the molecule is COc1ccc(-c2n[nH]c(CNC(=O)c3sc(NC(=O)C(C)(C)C)cc3C)n2)cc1. The molecule has 0 aliphatic rings. The van der Waals surface area contributed by atoms with Crippen LogP contribution in [-0.2, 0) is 11.3 Å². The van der Waals surface area contributed by atoms with E-state index in [1.165, 1.54) is 11.3 Å². The van der Waals surface area contributed by atoms with Crippen LogP contribution >= 0.6 is 11.3 Å². The van der Waals surface area contributed by atoms with Crippen LogP contribution in [0.3, 0.4) is 0 Å². The molecule has 0 unspecified atom stereocenters. The molecule has 0 radical (unpaired) electrons. The van der Waals surface area contributed by atoms with Crippen molar-refractivity contribution in [2.24, 2.45) is 5.41 Å². The number of ether oxygens (including phenoxy) is 1. The molecule has 1 aromatic carbocycles. The number of amides is 2. The number of aromatic amines is 1. The molecule has 0 aliphatic heterocycles. The molecule has 3 aromatic rings. The van der Waals surface area contributed by atoms with Crippen LogP contribution in [0.1, 0.15) is 41.8 Å². The standard InChI is InChI=1S/C21H25N5O3S/c1-12-10-16(24-20(28)21(2,3)4)30-17(12)19(27)22-11-15-23-18(26-25-15)13-6-8-14(29-5)9-7-13/h6-10H,11H2,1-5H3,(H,22,27)(H,24,28)(H,23,25,26). The van der Waals surface area contributed by atoms with Gasteiger partial charge in [0.25, 0.3) is 5.91 Å². The first-order chi connectivity index (χ1) is 14.2. The topological polar surface area (TPSA) is 109 Å². The third kappa shape index (κ3) is 5.04. The largest absolute Gasteiger partial charge is 0.497 e. The Kier molecular flexibility index (Phi) is 6.21. The van der Waals surface area contributed by atoms with Gasteiger partial charge in [0.1, 0.15) is 11.6 Å². The van der Waals surface area contributed by atoms with Gasteiger partial charge in [0.2, 0.25) is 5.91 Å². The van der Waals surface area contributed by atoms with Crippen LogP contribution < -0.4 is 15.4 Å². The number of hydrogen-bond acceptors (Lipinski definition) is 6. The Morgan fingerprint density at radius 1 is 1.20 bits per heavy atom. The molecule has 9 heteroatoms. The van der Waals surface area contributed by atoms with E-state index in [9.17, 15) is 9.59 Å². The lowest BCUT2D eigenvalue weighted by Crippen LogP contribution is -2.27. The quantitative estimate of drug-likeness (QED) is 0.555. The molecule has 2 aromatic heterocycles. The van der Waals surface area contributed by atoms with Crippen LogP contribution in [0, 0.1) is 12.3 Å². The highest BCUT2D eigenvalue weighted by atomic mass is 32.1. The fourth-order valence-electron chi connectivity index (χ4n) is 2.56. The van der Waals surface area contributed by atoms with Crippen LogP contribution in [0.4, 0.5) is 5.00 Å². The van der Waals surface area contributed by atoms with Crippen molar-refractivity contribution in [3.8, 4) is 17.1 Å². The molecule has 0 saturated heterocycles. The number of nitrogens with zero attached hydrogens (tertiary/aromatic N) is 2. The third-order valence-corrected chi connectivity index (χ3v) is 5.49. The van der Waals surface area contributed by atoms with Gasteiger partial charge in [-0.25, -0.2) is 4.98 Å². The van der Waals surface area contributed by atoms with Gasteiger partial charge in [-0.1, -0.05) is 20.8 Å². The Balaban J connectivity index is 1.62. The predicted octanol–water partition coefficient (Wildman–Crippen LogP) is 3.76. The Hall–Kier alpha value is -3.20. The number of anilines is 1. The van der Waals surface area contributed by atoms with E-state index in [1.54, 1.807) is 13.2 Å². The fourth-order valence-corrected chi connectivity index (χ4v) is 3.54. The lowest BCUT2D eigenvalue weighted by atomic mass is 9.96. The second-order valence-electron chi connectivity index (χ2n) is 7.84. The average Bonchev–Trinajstić information content (AvgIpc) is 3.32. The number of carbonyl (C=O) groups excluding carboxylic acids is 2. The van der Waals surface area contributed by atoms with E-state index in [4.69, 9.17) is 4.74 Å². The first-order valence-corrected chi connectivity index (χ1v) is 10.2. The second-order valence-corrected chi connectivity index (χ2v) is 8.90. The zero-order valence-corrected chi connectivity index (χ0v) is 18.4. The molecule has 0 spiro atoms. The minimum absolute atomic E-state index is 0.0940. The summed E-state index contributed by atoms with van der Waals surface area (Å²) in [6.07, 6.45) is 0. The Morgan fingerprint density at radius 2 is 1.90 bits per heavy atom. The van der Waals surface area contributed by atoms with Crippen LogP contribution in [-0.4, -0.2) is 34.1 Å². The first-order valence-electron chi connectivity index (χ1n) is 9.43. The third-order valence-electron chi connectivity index (χ3n) is 4.34. The summed E-state index contributed by atoms with van der Waals surface area (Å²) in [5, 5.41) is 13.4. The van der Waals surface area contributed by atoms with Gasteiger partial charge in [0.05, 0.1) is 23.5 Å². The minimum Gasteiger partial charge on any atom is -0.497 e. The molecule has 8 nitrogen and oxygen atoms in total. The number of methoxy groups -OCH3 is 1. The smallest absolute Gasteiger partial charge is 0.262 e. The first kappa shape index (κ1) is 21.5. The van der Waals surface area contributed by atoms with E-state index in [0.29, 0.717) is 21.5 Å². The maximum atomic E-state index is 12.6. The van der Waals surface area contributed by atoms with Crippen molar-refractivity contribution in [1.82, 2.24) is 20.5 Å². The highest BCUT2D eigenvalue weighted by Gasteiger charge is 2.23. The molecular weight excluding hydrogens is 402 g/mol. The van der Waals surface area contributed by atoms with Crippen LogP contribution in [0.25, 0.3) is 11.4 Å². The summed E-state index contributed by atoms with van der Waals surface area (Å²) in [6, 6.07) is 9.21. The molecular formula is C21H25N5O3S. The van der Waals surface area contributed by atoms with Gasteiger partial charge in [-0.05, 0) is 42.8 Å². The van der Waals surface area contributed by atoms with Crippen molar-refractivity contribution in [3.05, 3.63) is 46.6 Å². The highest BCUT2D eigenvalue weighted by Crippen LogP contribution is 2.28. The number of aromatic nitrogens is 3. The number of benzene rings is 1. The summed E-state index contributed by atoms with van der Waals surface area (Å²) in [4.78, 5) is 29.7. The van der Waals surface area contributed by atoms with Crippen molar-refractivity contribution < 1.29 is 14.3 Å². The van der Waals surface area contributed by atoms with E-state index in [0.717, 1.165) is 16.9 Å². The summed E-state index contributed by atoms with van der Waals surface area (Å²) in [5.41, 5.74) is 1.14. The summed E-state index contributed by atoms with van der Waals surface area (Å²) in [5.74, 6) is 1.52. The summed E-state index contributed by atoms with van der Waals surface area (Å²) >= 11 is 1.25. The van der Waals surface area contributed by atoms with Gasteiger partial charge in [0.15, 0.2) is 5.82 Å². The van der Waals surface area contributed by atoms with Gasteiger partial charge < -0.3 is 15.4 Å². The van der Waals surface area contributed by atoms with Crippen LogP contribution in [0.2, 0.25) is 0 Å². The van der Waals surface area contributed by atoms with Crippen molar-refractivity contribution in [2.45, 2.75) is 34.2 Å². The zero-order chi connectivity index (χ0) is 21.9. The second kappa shape index (κ2) is 8.66. The molecule has 0 atom stereocenters. The Labute approximate surface area is 179 Å². The number of rotatable bonds is 6. The molecule has 0 saturated carbocycles. The van der Waals surface area contributed by atoms with Crippen molar-refractivity contribution in [1.29, 1.82) is 0 Å². The van der Waals surface area contributed by atoms with E-state index < -0.39 is 5.41 Å². The van der Waals surface area contributed by atoms with Crippen molar-refractivity contribution in [2.75, 3.05) is 12.4 Å². The zero-order valence-electron chi connectivity index (χ0n) is 17.6. The van der Waals surface area contributed by atoms with Gasteiger partial charge in [-0.3, -0.25) is 14.7 Å². The van der Waals surface area contributed by atoms with E-state index in [2.05, 4.69) is 25.8 Å². The number of aryl methyl sites for hydroxylation is 1. The molecule has 0 aliphatic carbocycles. The molecule has 30 heavy (non-hydrogen) atoms. The molecule has 2 amide bonds. The summed E-state index contributed by atoms with van der Waals surface area (Å²) < 4.78 is 5.15. The number of carbonyl (C=O) groups is 2. The minimum atomic E-state index is -0.506. The van der Waals surface area contributed by atoms with Gasteiger partial charge in [-0.15, -0.1) is 11.3 Å². The maximum absolute atomic E-state index is 12.6. The summed E-state index contributed by atoms with van der Waals surface area (Å²) in [6.45, 7) is 7.58. The van der Waals surface area contributed by atoms with Crippen LogP contribution in [0.15, 0.2) is 30.3 Å². The maximum Gasteiger partial charge on any atom is 0.262 e. The molecule has 2 heterocycles. The molecule has 158 valence electrons. The number of nitrogens with one attached hydrogen (secondary N) is 3. The molecule has 0 bridgehead atoms. The number of thiophene rings is 1. The van der Waals surface area contributed by atoms with Crippen molar-refractivity contribution >= 4 is 28.2 Å². The monoisotopic (exact) mass is 427 g/mol. The Morgan fingerprint density at radius 3 is 2.53 bits per heavy atom. The lowest BCUT2D eigenvalue weighted by molar-refractivity contribution is -0.123. The van der Waals surface area contributed by atoms with Crippen LogP contribution in [0.5, 0.6) is 5.75 Å². The van der Waals surface area contributed by atoms with E-state index >= 15 is 0 Å². The summed E-state index contributed by atoms with van der Waals surface area (Å²) in [7, 11) is 1.61. The average molecular weight is 428 g/mol. The van der Waals surface area contributed by atoms with Gasteiger partial charge in [-0.2, -0.15) is 5.10 Å². The van der Waals surface area contributed by atoms with Gasteiger partial charge in [0, 0.05) is 11.0 Å². The van der Waals surface area contributed by atoms with E-state index in [-0.39, 0.29) is 18.4 Å². The molecule has 3 rings (SSSR count). The number of hydrogen-bond donors (Lipinski definition) is 3. The predicted molar refractivity (Wildman–Crippen MR) is 117 cm³/mol. The fraction of sp³-hybridized carbons (Fsp3) is 0.333. The lowest BCUT2D eigenvalue weighted by Gasteiger charge is -2.16. The highest BCUT2D eigenvalue weighted by molar-refractivity contribution is 7.18. The van der Waals surface area contributed by atoms with Crippen molar-refractivity contribution in [3.63, 3.8) is 0 Å². The normalized spacial score (nSPS) is 11.2. The Bertz CT molecular complexity index is 1050. The number of H-pyrrole nitrogens is 1. The van der Waals surface area contributed by atoms with Gasteiger partial charge >= 0.3 is 0 Å².